The van der Waals surface area contributed by atoms with E-state index in [1.807, 2.05) is 0 Å². The molecule has 0 spiro atoms. The average molecular weight is 262 g/mol. The summed E-state index contributed by atoms with van der Waals surface area (Å²) in [6.07, 6.45) is 1.22. The second-order valence-electron chi connectivity index (χ2n) is 5.96. The van der Waals surface area contributed by atoms with Gasteiger partial charge in [0.2, 0.25) is 0 Å². The Bertz CT molecular complexity index is 431. The quantitative estimate of drug-likeness (QED) is 0.909. The van der Waals surface area contributed by atoms with E-state index in [0.29, 0.717) is 12.1 Å². The number of morpholine rings is 1. The van der Waals surface area contributed by atoms with Crippen molar-refractivity contribution in [3.63, 3.8) is 0 Å². The predicted octanol–water partition coefficient (Wildman–Crippen LogP) is 2.50. The van der Waals surface area contributed by atoms with Crippen LogP contribution >= 0.6 is 0 Å². The number of nitrogens with two attached hydrogens (primary N) is 1. The van der Waals surface area contributed by atoms with Crippen molar-refractivity contribution in [2.45, 2.75) is 52.3 Å². The van der Waals surface area contributed by atoms with E-state index in [9.17, 15) is 0 Å². The molecule has 0 saturated carbocycles. The van der Waals surface area contributed by atoms with Crippen molar-refractivity contribution in [2.75, 3.05) is 18.1 Å². The van der Waals surface area contributed by atoms with E-state index in [4.69, 9.17) is 10.5 Å². The van der Waals surface area contributed by atoms with E-state index in [2.05, 4.69) is 50.8 Å². The molecule has 3 heteroatoms. The molecule has 0 aromatic heterocycles. The smallest absolute Gasteiger partial charge is 0.0723 e. The first kappa shape index (κ1) is 14.4. The number of ether oxygens (including phenoxy) is 1. The zero-order valence-corrected chi connectivity index (χ0v) is 12.5. The van der Waals surface area contributed by atoms with Gasteiger partial charge in [0.1, 0.15) is 0 Å². The maximum Gasteiger partial charge on any atom is 0.0723 e. The van der Waals surface area contributed by atoms with Crippen LogP contribution in [0, 0.1) is 6.92 Å². The highest BCUT2D eigenvalue weighted by Gasteiger charge is 2.25. The van der Waals surface area contributed by atoms with Gasteiger partial charge in [-0.2, -0.15) is 0 Å². The van der Waals surface area contributed by atoms with Gasteiger partial charge >= 0.3 is 0 Å². The summed E-state index contributed by atoms with van der Waals surface area (Å²) in [7, 11) is 0. The lowest BCUT2D eigenvalue weighted by molar-refractivity contribution is 0.0343. The van der Waals surface area contributed by atoms with Crippen LogP contribution in [0.4, 0.5) is 5.69 Å². The van der Waals surface area contributed by atoms with Crippen LogP contribution in [-0.4, -0.2) is 31.3 Å². The summed E-state index contributed by atoms with van der Waals surface area (Å²) in [5.41, 5.74) is 9.97. The van der Waals surface area contributed by atoms with E-state index in [0.717, 1.165) is 19.6 Å². The number of hydrogen-bond acceptors (Lipinski definition) is 3. The van der Waals surface area contributed by atoms with E-state index in [1.54, 1.807) is 0 Å². The van der Waals surface area contributed by atoms with Crippen molar-refractivity contribution in [3.8, 4) is 0 Å². The Hall–Kier alpha value is -1.06. The molecule has 2 rings (SSSR count). The molecule has 1 aliphatic heterocycles. The van der Waals surface area contributed by atoms with Gasteiger partial charge in [0.25, 0.3) is 0 Å². The number of aryl methyl sites for hydroxylation is 1. The summed E-state index contributed by atoms with van der Waals surface area (Å²) in [6, 6.07) is 7.31. The largest absolute Gasteiger partial charge is 0.375 e. The molecular formula is C16H26N2O. The summed E-state index contributed by atoms with van der Waals surface area (Å²) >= 11 is 0. The molecule has 0 radical (unpaired) electrons. The van der Waals surface area contributed by atoms with Gasteiger partial charge in [0.05, 0.1) is 12.7 Å². The third-order valence-corrected chi connectivity index (χ3v) is 3.69. The SMILES string of the molecule is Cc1ccc(N2CC(C)OCC2C)c(CC(C)N)c1. The van der Waals surface area contributed by atoms with Crippen LogP contribution in [0.1, 0.15) is 31.9 Å². The molecule has 3 atom stereocenters. The van der Waals surface area contributed by atoms with Gasteiger partial charge in [-0.1, -0.05) is 17.7 Å². The summed E-state index contributed by atoms with van der Waals surface area (Å²) in [6.45, 7) is 10.3. The van der Waals surface area contributed by atoms with Gasteiger partial charge < -0.3 is 15.4 Å². The van der Waals surface area contributed by atoms with Gasteiger partial charge in [0, 0.05) is 24.3 Å². The van der Waals surface area contributed by atoms with Crippen molar-refractivity contribution < 1.29 is 4.74 Å². The fourth-order valence-corrected chi connectivity index (χ4v) is 2.74. The van der Waals surface area contributed by atoms with Gasteiger partial charge in [-0.25, -0.2) is 0 Å². The molecule has 1 aromatic rings. The van der Waals surface area contributed by atoms with Crippen LogP contribution in [0.5, 0.6) is 0 Å². The lowest BCUT2D eigenvalue weighted by atomic mass is 10.0. The molecule has 3 nitrogen and oxygen atoms in total. The van der Waals surface area contributed by atoms with Gasteiger partial charge in [-0.3, -0.25) is 0 Å². The maximum atomic E-state index is 5.99. The van der Waals surface area contributed by atoms with Crippen LogP contribution in [0.2, 0.25) is 0 Å². The van der Waals surface area contributed by atoms with Crippen molar-refractivity contribution in [1.29, 1.82) is 0 Å². The van der Waals surface area contributed by atoms with Gasteiger partial charge in [-0.15, -0.1) is 0 Å². The Morgan fingerprint density at radius 3 is 2.84 bits per heavy atom. The van der Waals surface area contributed by atoms with Gasteiger partial charge in [-0.05, 0) is 45.7 Å². The Morgan fingerprint density at radius 2 is 2.16 bits per heavy atom. The molecule has 1 aliphatic rings. The van der Waals surface area contributed by atoms with Crippen LogP contribution in [0.25, 0.3) is 0 Å². The molecule has 0 amide bonds. The molecule has 1 saturated heterocycles. The minimum absolute atomic E-state index is 0.189. The minimum atomic E-state index is 0.189. The molecule has 1 heterocycles. The summed E-state index contributed by atoms with van der Waals surface area (Å²) in [5, 5.41) is 0. The molecule has 19 heavy (non-hydrogen) atoms. The van der Waals surface area contributed by atoms with E-state index >= 15 is 0 Å². The van der Waals surface area contributed by atoms with E-state index < -0.39 is 0 Å². The van der Waals surface area contributed by atoms with Crippen molar-refractivity contribution >= 4 is 5.69 Å². The maximum absolute atomic E-state index is 5.99. The highest BCUT2D eigenvalue weighted by atomic mass is 16.5. The molecule has 0 bridgehead atoms. The predicted molar refractivity (Wildman–Crippen MR) is 80.8 cm³/mol. The average Bonchev–Trinajstić information content (AvgIpc) is 2.32. The molecule has 1 aromatic carbocycles. The van der Waals surface area contributed by atoms with Crippen LogP contribution in [0.15, 0.2) is 18.2 Å². The number of rotatable bonds is 3. The minimum Gasteiger partial charge on any atom is -0.375 e. The lowest BCUT2D eigenvalue weighted by Crippen LogP contribution is -2.47. The van der Waals surface area contributed by atoms with Crippen molar-refractivity contribution in [1.82, 2.24) is 0 Å². The molecule has 2 N–H and O–H groups in total. The molecule has 0 aliphatic carbocycles. The topological polar surface area (TPSA) is 38.5 Å². The van der Waals surface area contributed by atoms with Crippen LogP contribution in [-0.2, 0) is 11.2 Å². The summed E-state index contributed by atoms with van der Waals surface area (Å²) in [4.78, 5) is 2.46. The van der Waals surface area contributed by atoms with Gasteiger partial charge in [0.15, 0.2) is 0 Å². The van der Waals surface area contributed by atoms with Crippen molar-refractivity contribution in [3.05, 3.63) is 29.3 Å². The lowest BCUT2D eigenvalue weighted by Gasteiger charge is -2.39. The molecule has 1 fully saturated rings. The third-order valence-electron chi connectivity index (χ3n) is 3.69. The first-order valence-electron chi connectivity index (χ1n) is 7.20. The molecule has 3 unspecified atom stereocenters. The monoisotopic (exact) mass is 262 g/mol. The highest BCUT2D eigenvalue weighted by molar-refractivity contribution is 5.56. The second-order valence-corrected chi connectivity index (χ2v) is 5.96. The molecular weight excluding hydrogens is 236 g/mol. The van der Waals surface area contributed by atoms with E-state index in [-0.39, 0.29) is 6.04 Å². The van der Waals surface area contributed by atoms with Crippen LogP contribution < -0.4 is 10.6 Å². The normalized spacial score (nSPS) is 25.4. The Kier molecular flexibility index (Phi) is 4.48. The third kappa shape index (κ3) is 3.48. The fourth-order valence-electron chi connectivity index (χ4n) is 2.74. The number of nitrogens with zero attached hydrogens (tertiary/aromatic N) is 1. The highest BCUT2D eigenvalue weighted by Crippen LogP contribution is 2.27. The van der Waals surface area contributed by atoms with E-state index in [1.165, 1.54) is 16.8 Å². The first-order valence-corrected chi connectivity index (χ1v) is 7.20. The second kappa shape index (κ2) is 5.93. The zero-order chi connectivity index (χ0) is 14.0. The Labute approximate surface area is 116 Å². The Balaban J connectivity index is 2.31. The number of hydrogen-bond donors (Lipinski definition) is 1. The van der Waals surface area contributed by atoms with Crippen molar-refractivity contribution in [2.24, 2.45) is 5.73 Å². The number of anilines is 1. The summed E-state index contributed by atoms with van der Waals surface area (Å²) in [5.74, 6) is 0. The number of benzene rings is 1. The zero-order valence-electron chi connectivity index (χ0n) is 12.5. The summed E-state index contributed by atoms with van der Waals surface area (Å²) < 4.78 is 5.72. The van der Waals surface area contributed by atoms with Crippen LogP contribution in [0.3, 0.4) is 0 Å². The molecule has 106 valence electrons. The Morgan fingerprint density at radius 1 is 1.42 bits per heavy atom. The first-order chi connectivity index (χ1) is 8.97. The standard InChI is InChI=1S/C16H26N2O/c1-11-5-6-16(15(7-11)8-12(2)17)18-9-14(4)19-10-13(18)3/h5-7,12-14H,8-10,17H2,1-4H3. The fraction of sp³-hybridized carbons (Fsp3) is 0.625.